The van der Waals surface area contributed by atoms with Gasteiger partial charge in [-0.2, -0.15) is 0 Å². The van der Waals surface area contributed by atoms with Gasteiger partial charge in [0.2, 0.25) is 0 Å². The van der Waals surface area contributed by atoms with Crippen molar-refractivity contribution in [2.45, 2.75) is 38.9 Å². The van der Waals surface area contributed by atoms with Gasteiger partial charge in [-0.05, 0) is 13.3 Å². The maximum Gasteiger partial charge on any atom is 0.0936 e. The van der Waals surface area contributed by atoms with Gasteiger partial charge in [-0.15, -0.1) is 0 Å². The number of unbranched alkanes of at least 4 members (excludes halogenated alkanes) is 1. The summed E-state index contributed by atoms with van der Waals surface area (Å²) in [7, 11) is 0. The van der Waals surface area contributed by atoms with E-state index < -0.39 is 0 Å². The molecule has 1 saturated heterocycles. The number of morpholine rings is 1. The topological polar surface area (TPSA) is 41.9 Å². The molecule has 0 aromatic rings. The Hall–Kier alpha value is -0.160. The molecule has 0 aromatic heterocycles. The SMILES string of the molecule is CCCCOCCN1CC(C)OC(CO)C1. The number of aliphatic hydroxyl groups excluding tert-OH is 1. The van der Waals surface area contributed by atoms with Gasteiger partial charge in [0.1, 0.15) is 0 Å². The molecule has 1 aliphatic heterocycles. The molecule has 0 amide bonds. The Bertz CT molecular complexity index is 178. The van der Waals surface area contributed by atoms with E-state index in [1.165, 1.54) is 6.42 Å². The fourth-order valence-corrected chi connectivity index (χ4v) is 1.97. The fourth-order valence-electron chi connectivity index (χ4n) is 1.97. The maximum absolute atomic E-state index is 9.09. The van der Waals surface area contributed by atoms with Crippen molar-refractivity contribution in [2.24, 2.45) is 0 Å². The van der Waals surface area contributed by atoms with Gasteiger partial charge in [-0.25, -0.2) is 0 Å². The highest BCUT2D eigenvalue weighted by molar-refractivity contribution is 4.74. The van der Waals surface area contributed by atoms with Crippen LogP contribution in [0.1, 0.15) is 26.7 Å². The zero-order chi connectivity index (χ0) is 11.8. The zero-order valence-electron chi connectivity index (χ0n) is 10.5. The molecule has 2 atom stereocenters. The molecule has 4 nitrogen and oxygen atoms in total. The third kappa shape index (κ3) is 5.25. The molecule has 0 saturated carbocycles. The molecular weight excluding hydrogens is 206 g/mol. The van der Waals surface area contributed by atoms with E-state index in [4.69, 9.17) is 14.6 Å². The number of rotatable bonds is 7. The highest BCUT2D eigenvalue weighted by atomic mass is 16.5. The molecule has 0 bridgehead atoms. The monoisotopic (exact) mass is 231 g/mol. The second kappa shape index (κ2) is 8.01. The van der Waals surface area contributed by atoms with E-state index in [9.17, 15) is 0 Å². The summed E-state index contributed by atoms with van der Waals surface area (Å²) in [6, 6.07) is 0. The first-order valence-corrected chi connectivity index (χ1v) is 6.32. The lowest BCUT2D eigenvalue weighted by atomic mass is 10.2. The van der Waals surface area contributed by atoms with Crippen molar-refractivity contribution in [3.8, 4) is 0 Å². The van der Waals surface area contributed by atoms with Crippen molar-refractivity contribution in [3.05, 3.63) is 0 Å². The summed E-state index contributed by atoms with van der Waals surface area (Å²) < 4.78 is 11.1. The molecule has 2 unspecified atom stereocenters. The lowest BCUT2D eigenvalue weighted by molar-refractivity contribution is -0.0986. The average Bonchev–Trinajstić information content (AvgIpc) is 2.28. The second-order valence-electron chi connectivity index (χ2n) is 4.48. The molecule has 0 spiro atoms. The summed E-state index contributed by atoms with van der Waals surface area (Å²) in [6.07, 6.45) is 2.50. The van der Waals surface area contributed by atoms with E-state index in [0.717, 1.165) is 39.3 Å². The molecule has 1 aliphatic rings. The predicted molar refractivity (Wildman–Crippen MR) is 63.6 cm³/mol. The first kappa shape index (κ1) is 13.9. The smallest absolute Gasteiger partial charge is 0.0936 e. The van der Waals surface area contributed by atoms with Crippen molar-refractivity contribution in [1.82, 2.24) is 4.90 Å². The van der Waals surface area contributed by atoms with E-state index in [1.54, 1.807) is 0 Å². The van der Waals surface area contributed by atoms with Crippen molar-refractivity contribution in [2.75, 3.05) is 39.5 Å². The Morgan fingerprint density at radius 2 is 2.19 bits per heavy atom. The van der Waals surface area contributed by atoms with Crippen molar-refractivity contribution in [1.29, 1.82) is 0 Å². The Balaban J connectivity index is 2.10. The van der Waals surface area contributed by atoms with Gasteiger partial charge in [-0.1, -0.05) is 13.3 Å². The van der Waals surface area contributed by atoms with Crippen molar-refractivity contribution in [3.63, 3.8) is 0 Å². The third-order valence-electron chi connectivity index (χ3n) is 2.80. The van der Waals surface area contributed by atoms with Crippen LogP contribution in [0.4, 0.5) is 0 Å². The fraction of sp³-hybridized carbons (Fsp3) is 1.00. The summed E-state index contributed by atoms with van der Waals surface area (Å²) >= 11 is 0. The van der Waals surface area contributed by atoms with Crippen LogP contribution in [0.2, 0.25) is 0 Å². The van der Waals surface area contributed by atoms with Crippen LogP contribution in [0.5, 0.6) is 0 Å². The van der Waals surface area contributed by atoms with Gasteiger partial charge in [0, 0.05) is 26.2 Å². The molecule has 0 radical (unpaired) electrons. The normalized spacial score (nSPS) is 27.2. The predicted octanol–water partition coefficient (Wildman–Crippen LogP) is 0.885. The Morgan fingerprint density at radius 1 is 1.38 bits per heavy atom. The lowest BCUT2D eigenvalue weighted by Crippen LogP contribution is -2.48. The van der Waals surface area contributed by atoms with E-state index in [1.807, 2.05) is 6.92 Å². The molecule has 1 rings (SSSR count). The summed E-state index contributed by atoms with van der Waals surface area (Å²) in [5.74, 6) is 0. The van der Waals surface area contributed by atoms with E-state index in [2.05, 4.69) is 11.8 Å². The lowest BCUT2D eigenvalue weighted by Gasteiger charge is -2.35. The van der Waals surface area contributed by atoms with Crippen LogP contribution >= 0.6 is 0 Å². The first-order valence-electron chi connectivity index (χ1n) is 6.32. The van der Waals surface area contributed by atoms with Crippen LogP contribution in [0.15, 0.2) is 0 Å². The number of hydrogen-bond acceptors (Lipinski definition) is 4. The number of hydrogen-bond donors (Lipinski definition) is 1. The minimum atomic E-state index is -0.0283. The van der Waals surface area contributed by atoms with Crippen LogP contribution in [0, 0.1) is 0 Å². The van der Waals surface area contributed by atoms with Crippen LogP contribution in [-0.2, 0) is 9.47 Å². The minimum Gasteiger partial charge on any atom is -0.394 e. The van der Waals surface area contributed by atoms with Crippen LogP contribution in [0.3, 0.4) is 0 Å². The van der Waals surface area contributed by atoms with E-state index in [-0.39, 0.29) is 18.8 Å². The second-order valence-corrected chi connectivity index (χ2v) is 4.48. The number of ether oxygens (including phenoxy) is 2. The largest absolute Gasteiger partial charge is 0.394 e. The molecular formula is C12H25NO3. The molecule has 1 heterocycles. The Kier molecular flexibility index (Phi) is 6.96. The summed E-state index contributed by atoms with van der Waals surface area (Å²) in [5, 5.41) is 9.09. The molecule has 0 aromatic carbocycles. The standard InChI is InChI=1S/C12H25NO3/c1-3-4-6-15-7-5-13-8-11(2)16-12(9-13)10-14/h11-12,14H,3-10H2,1-2H3. The third-order valence-corrected chi connectivity index (χ3v) is 2.80. The summed E-state index contributed by atoms with van der Waals surface area (Å²) in [6.45, 7) is 8.66. The summed E-state index contributed by atoms with van der Waals surface area (Å²) in [5.41, 5.74) is 0. The van der Waals surface area contributed by atoms with Gasteiger partial charge in [0.25, 0.3) is 0 Å². The number of nitrogens with zero attached hydrogens (tertiary/aromatic N) is 1. The van der Waals surface area contributed by atoms with E-state index in [0.29, 0.717) is 0 Å². The molecule has 4 heteroatoms. The Labute approximate surface area is 98.5 Å². The molecule has 1 fully saturated rings. The van der Waals surface area contributed by atoms with Crippen LogP contribution in [0.25, 0.3) is 0 Å². The van der Waals surface area contributed by atoms with Crippen LogP contribution < -0.4 is 0 Å². The van der Waals surface area contributed by atoms with Gasteiger partial charge in [0.05, 0.1) is 25.4 Å². The van der Waals surface area contributed by atoms with Gasteiger partial charge < -0.3 is 14.6 Å². The van der Waals surface area contributed by atoms with Crippen molar-refractivity contribution >= 4 is 0 Å². The van der Waals surface area contributed by atoms with Gasteiger partial charge in [-0.3, -0.25) is 4.90 Å². The minimum absolute atomic E-state index is 0.0283. The van der Waals surface area contributed by atoms with Crippen molar-refractivity contribution < 1.29 is 14.6 Å². The zero-order valence-corrected chi connectivity index (χ0v) is 10.5. The highest BCUT2D eigenvalue weighted by Gasteiger charge is 2.24. The average molecular weight is 231 g/mol. The van der Waals surface area contributed by atoms with Gasteiger partial charge in [0.15, 0.2) is 0 Å². The summed E-state index contributed by atoms with van der Waals surface area (Å²) in [4.78, 5) is 2.31. The molecule has 16 heavy (non-hydrogen) atoms. The molecule has 96 valence electrons. The van der Waals surface area contributed by atoms with Gasteiger partial charge >= 0.3 is 0 Å². The molecule has 1 N–H and O–H groups in total. The molecule has 0 aliphatic carbocycles. The quantitative estimate of drug-likeness (QED) is 0.661. The van der Waals surface area contributed by atoms with E-state index >= 15 is 0 Å². The highest BCUT2D eigenvalue weighted by Crippen LogP contribution is 2.10. The van der Waals surface area contributed by atoms with Crippen LogP contribution in [-0.4, -0.2) is 61.7 Å². The Morgan fingerprint density at radius 3 is 2.88 bits per heavy atom. The number of aliphatic hydroxyl groups is 1. The maximum atomic E-state index is 9.09. The first-order chi connectivity index (χ1) is 7.76.